The maximum absolute atomic E-state index is 5.94. The summed E-state index contributed by atoms with van der Waals surface area (Å²) in [4.78, 5) is 2.39. The first-order valence-electron chi connectivity index (χ1n) is 6.82. The molecule has 17 heavy (non-hydrogen) atoms. The molecule has 4 heteroatoms. The lowest BCUT2D eigenvalue weighted by molar-refractivity contribution is 0.498. The number of aryl methyl sites for hydroxylation is 1. The Bertz CT molecular complexity index is 350. The molecule has 2 heterocycles. The van der Waals surface area contributed by atoms with Gasteiger partial charge in [-0.1, -0.05) is 20.3 Å². The molecule has 0 radical (unpaired) electrons. The predicted octanol–water partition coefficient (Wildman–Crippen LogP) is 1.85. The van der Waals surface area contributed by atoms with Crippen LogP contribution in [0.5, 0.6) is 0 Å². The minimum Gasteiger partial charge on any atom is -0.355 e. The van der Waals surface area contributed by atoms with E-state index in [1.165, 1.54) is 23.5 Å². The first kappa shape index (κ1) is 12.4. The number of nitrogens with one attached hydrogen (secondary N) is 1. The molecule has 1 saturated heterocycles. The van der Waals surface area contributed by atoms with Crippen molar-refractivity contribution in [2.24, 2.45) is 5.73 Å². The van der Waals surface area contributed by atoms with Gasteiger partial charge in [0.2, 0.25) is 0 Å². The molecule has 3 N–H and O–H groups in total. The zero-order chi connectivity index (χ0) is 12.3. The molecule has 96 valence electrons. The molecule has 0 saturated carbocycles. The lowest BCUT2D eigenvalue weighted by Gasteiger charge is -2.31. The number of nitrogens with two attached hydrogens (primary N) is 1. The lowest BCUT2D eigenvalue weighted by Crippen LogP contribution is -2.40. The third kappa shape index (κ3) is 2.63. The fourth-order valence-electron chi connectivity index (χ4n) is 2.59. The number of piperidine rings is 1. The Balaban J connectivity index is 2.14. The minimum atomic E-state index is 0.380. The number of aromatic nitrogens is 2. The molecule has 1 aromatic heterocycles. The highest BCUT2D eigenvalue weighted by Gasteiger charge is 2.21. The number of rotatable bonds is 4. The first-order valence-corrected chi connectivity index (χ1v) is 6.82. The predicted molar refractivity (Wildman–Crippen MR) is 71.4 cm³/mol. The van der Waals surface area contributed by atoms with Gasteiger partial charge in [-0.2, -0.15) is 5.10 Å². The fourth-order valence-corrected chi connectivity index (χ4v) is 2.59. The van der Waals surface area contributed by atoms with Gasteiger partial charge >= 0.3 is 0 Å². The van der Waals surface area contributed by atoms with Crippen LogP contribution in [0.2, 0.25) is 0 Å². The molecule has 0 aromatic carbocycles. The second-order valence-corrected chi connectivity index (χ2v) is 4.93. The number of nitrogens with zero attached hydrogens (tertiary/aromatic N) is 2. The van der Waals surface area contributed by atoms with Crippen molar-refractivity contribution in [3.63, 3.8) is 0 Å². The fraction of sp³-hybridized carbons (Fsp3) is 0.769. The number of hydrogen-bond acceptors (Lipinski definition) is 3. The molecule has 1 aliphatic rings. The number of aromatic amines is 1. The Hall–Kier alpha value is -1.03. The lowest BCUT2D eigenvalue weighted by atomic mass is 10.0. The van der Waals surface area contributed by atoms with Gasteiger partial charge in [0.15, 0.2) is 5.82 Å². The summed E-state index contributed by atoms with van der Waals surface area (Å²) in [6.45, 7) is 6.51. The molecule has 0 aliphatic carbocycles. The van der Waals surface area contributed by atoms with Crippen LogP contribution in [-0.2, 0) is 12.8 Å². The summed E-state index contributed by atoms with van der Waals surface area (Å²) in [5.41, 5.74) is 8.67. The van der Waals surface area contributed by atoms with Crippen LogP contribution in [0.1, 0.15) is 44.4 Å². The van der Waals surface area contributed by atoms with E-state index in [1.54, 1.807) is 0 Å². The summed E-state index contributed by atoms with van der Waals surface area (Å²) in [5, 5.41) is 7.73. The van der Waals surface area contributed by atoms with E-state index in [2.05, 4.69) is 28.9 Å². The summed E-state index contributed by atoms with van der Waals surface area (Å²) < 4.78 is 0. The van der Waals surface area contributed by atoms with Gasteiger partial charge in [-0.05, 0) is 25.7 Å². The van der Waals surface area contributed by atoms with Gasteiger partial charge in [0, 0.05) is 30.4 Å². The van der Waals surface area contributed by atoms with Crippen molar-refractivity contribution < 1.29 is 0 Å². The average Bonchev–Trinajstić information content (AvgIpc) is 2.73. The quantitative estimate of drug-likeness (QED) is 0.839. The third-order valence-electron chi connectivity index (χ3n) is 3.62. The van der Waals surface area contributed by atoms with Crippen LogP contribution in [0, 0.1) is 0 Å². The Kier molecular flexibility index (Phi) is 4.05. The van der Waals surface area contributed by atoms with Crippen molar-refractivity contribution in [2.45, 2.75) is 52.0 Å². The minimum absolute atomic E-state index is 0.380. The standard InChI is InChI=1S/C13H24N4/c1-3-5-12-11(4-2)13(16-15-12)17-8-6-10(14)7-9-17/h10H,3-9,14H2,1-2H3,(H,15,16). The summed E-state index contributed by atoms with van der Waals surface area (Å²) in [6, 6.07) is 0.380. The van der Waals surface area contributed by atoms with Crippen molar-refractivity contribution in [1.29, 1.82) is 0 Å². The zero-order valence-electron chi connectivity index (χ0n) is 11.0. The highest BCUT2D eigenvalue weighted by molar-refractivity contribution is 5.49. The van der Waals surface area contributed by atoms with Crippen molar-refractivity contribution >= 4 is 5.82 Å². The molecule has 4 nitrogen and oxygen atoms in total. The van der Waals surface area contributed by atoms with E-state index in [1.807, 2.05) is 0 Å². The van der Waals surface area contributed by atoms with Gasteiger partial charge in [-0.15, -0.1) is 0 Å². The van der Waals surface area contributed by atoms with Crippen molar-refractivity contribution in [1.82, 2.24) is 10.2 Å². The van der Waals surface area contributed by atoms with Crippen molar-refractivity contribution in [3.8, 4) is 0 Å². The van der Waals surface area contributed by atoms with Gasteiger partial charge in [0.25, 0.3) is 0 Å². The van der Waals surface area contributed by atoms with Crippen LogP contribution in [0.4, 0.5) is 5.82 Å². The maximum Gasteiger partial charge on any atom is 0.153 e. The van der Waals surface area contributed by atoms with Crippen LogP contribution in [-0.4, -0.2) is 29.3 Å². The van der Waals surface area contributed by atoms with Crippen molar-refractivity contribution in [3.05, 3.63) is 11.3 Å². The molecule has 0 unspecified atom stereocenters. The van der Waals surface area contributed by atoms with Gasteiger partial charge in [0.1, 0.15) is 0 Å². The Morgan fingerprint density at radius 3 is 2.65 bits per heavy atom. The summed E-state index contributed by atoms with van der Waals surface area (Å²) in [5.74, 6) is 1.17. The molecule has 0 spiro atoms. The van der Waals surface area contributed by atoms with E-state index in [0.717, 1.165) is 38.8 Å². The molecular weight excluding hydrogens is 212 g/mol. The zero-order valence-corrected chi connectivity index (χ0v) is 11.0. The second-order valence-electron chi connectivity index (χ2n) is 4.93. The maximum atomic E-state index is 5.94. The van der Waals surface area contributed by atoms with E-state index >= 15 is 0 Å². The van der Waals surface area contributed by atoms with E-state index in [-0.39, 0.29) is 0 Å². The summed E-state index contributed by atoms with van der Waals surface area (Å²) in [6.07, 6.45) is 5.49. The van der Waals surface area contributed by atoms with E-state index in [4.69, 9.17) is 5.73 Å². The highest BCUT2D eigenvalue weighted by atomic mass is 15.3. The number of hydrogen-bond donors (Lipinski definition) is 2. The Morgan fingerprint density at radius 1 is 1.35 bits per heavy atom. The molecule has 2 rings (SSSR count). The Labute approximate surface area is 104 Å². The SMILES string of the molecule is CCCc1[nH]nc(N2CCC(N)CC2)c1CC. The Morgan fingerprint density at radius 2 is 2.06 bits per heavy atom. The van der Waals surface area contributed by atoms with Crippen LogP contribution in [0.15, 0.2) is 0 Å². The molecule has 0 atom stereocenters. The van der Waals surface area contributed by atoms with Crippen LogP contribution < -0.4 is 10.6 Å². The first-order chi connectivity index (χ1) is 8.26. The summed E-state index contributed by atoms with van der Waals surface area (Å²) >= 11 is 0. The largest absolute Gasteiger partial charge is 0.355 e. The van der Waals surface area contributed by atoms with Crippen molar-refractivity contribution in [2.75, 3.05) is 18.0 Å². The normalized spacial score (nSPS) is 17.7. The van der Waals surface area contributed by atoms with E-state index in [9.17, 15) is 0 Å². The van der Waals surface area contributed by atoms with E-state index in [0.29, 0.717) is 6.04 Å². The highest BCUT2D eigenvalue weighted by Crippen LogP contribution is 2.25. The topological polar surface area (TPSA) is 57.9 Å². The molecule has 1 aliphatic heterocycles. The second kappa shape index (κ2) is 5.54. The smallest absolute Gasteiger partial charge is 0.153 e. The average molecular weight is 236 g/mol. The van der Waals surface area contributed by atoms with Gasteiger partial charge in [0.05, 0.1) is 0 Å². The van der Waals surface area contributed by atoms with Gasteiger partial charge < -0.3 is 10.6 Å². The molecule has 0 amide bonds. The van der Waals surface area contributed by atoms with Crippen LogP contribution in [0.3, 0.4) is 0 Å². The molecular formula is C13H24N4. The number of anilines is 1. The number of H-pyrrole nitrogens is 1. The van der Waals surface area contributed by atoms with E-state index < -0.39 is 0 Å². The van der Waals surface area contributed by atoms with Crippen LogP contribution in [0.25, 0.3) is 0 Å². The third-order valence-corrected chi connectivity index (χ3v) is 3.62. The molecule has 1 aromatic rings. The van der Waals surface area contributed by atoms with Gasteiger partial charge in [-0.25, -0.2) is 0 Å². The van der Waals surface area contributed by atoms with Crippen LogP contribution >= 0.6 is 0 Å². The van der Waals surface area contributed by atoms with Gasteiger partial charge in [-0.3, -0.25) is 5.10 Å². The molecule has 0 bridgehead atoms. The monoisotopic (exact) mass is 236 g/mol. The molecule has 1 fully saturated rings. The summed E-state index contributed by atoms with van der Waals surface area (Å²) in [7, 11) is 0.